The quantitative estimate of drug-likeness (QED) is 0.361. The van der Waals surface area contributed by atoms with Crippen LogP contribution in [0.4, 0.5) is 11.4 Å². The molecule has 3 amide bonds. The number of hydrogen-bond acceptors (Lipinski definition) is 7. The Hall–Kier alpha value is -2.69. The van der Waals surface area contributed by atoms with Crippen LogP contribution in [0.1, 0.15) is 60.3 Å². The SMILES string of the molecule is CCOC[C@@H](CC(C)C)NC(=O)[C@@H]1CNC[C@H](C(=O)N(c2ccc3c(c2)N(CCO)C(=O)C(C)(C)O3)C2CC2)C1. The summed E-state index contributed by atoms with van der Waals surface area (Å²) in [6.07, 6.45) is 3.12. The molecule has 0 spiro atoms. The second-order valence-corrected chi connectivity index (χ2v) is 12.2. The second-order valence-electron chi connectivity index (χ2n) is 12.2. The lowest BCUT2D eigenvalue weighted by Gasteiger charge is -2.39. The molecule has 2 aliphatic heterocycles. The highest BCUT2D eigenvalue weighted by Crippen LogP contribution is 2.42. The van der Waals surface area contributed by atoms with E-state index in [0.717, 1.165) is 19.3 Å². The highest BCUT2D eigenvalue weighted by atomic mass is 16.5. The molecule has 1 aromatic rings. The molecule has 1 aromatic carbocycles. The molecule has 1 aliphatic carbocycles. The van der Waals surface area contributed by atoms with Crippen LogP contribution in [0.2, 0.25) is 0 Å². The van der Waals surface area contributed by atoms with Gasteiger partial charge in [-0.3, -0.25) is 14.4 Å². The number of nitrogens with one attached hydrogen (secondary N) is 2. The molecule has 3 aliphatic rings. The van der Waals surface area contributed by atoms with Crippen molar-refractivity contribution in [2.75, 3.05) is 49.3 Å². The smallest absolute Gasteiger partial charge is 0.270 e. The zero-order valence-corrected chi connectivity index (χ0v) is 24.6. The van der Waals surface area contributed by atoms with E-state index in [9.17, 15) is 19.5 Å². The molecular weight excluding hydrogens is 512 g/mol. The van der Waals surface area contributed by atoms with Crippen LogP contribution in [0.3, 0.4) is 0 Å². The lowest BCUT2D eigenvalue weighted by atomic mass is 9.88. The number of amides is 3. The van der Waals surface area contributed by atoms with Gasteiger partial charge in [0.25, 0.3) is 5.91 Å². The van der Waals surface area contributed by atoms with Crippen LogP contribution in [-0.4, -0.2) is 80.0 Å². The number of fused-ring (bicyclic) bond motifs is 1. The highest BCUT2D eigenvalue weighted by molar-refractivity contribution is 6.04. The Kier molecular flexibility index (Phi) is 9.74. The number of ether oxygens (including phenoxy) is 2. The molecule has 0 aromatic heterocycles. The van der Waals surface area contributed by atoms with E-state index in [1.807, 2.05) is 24.0 Å². The van der Waals surface area contributed by atoms with Gasteiger partial charge < -0.3 is 35.0 Å². The molecule has 10 heteroatoms. The maximum Gasteiger partial charge on any atom is 0.270 e. The van der Waals surface area contributed by atoms with Gasteiger partial charge in [0.15, 0.2) is 5.60 Å². The van der Waals surface area contributed by atoms with Crippen LogP contribution in [0.25, 0.3) is 0 Å². The first-order valence-corrected chi connectivity index (χ1v) is 14.7. The van der Waals surface area contributed by atoms with Gasteiger partial charge in [0.05, 0.1) is 36.8 Å². The Morgan fingerprint density at radius 2 is 1.98 bits per heavy atom. The fourth-order valence-electron chi connectivity index (χ4n) is 5.72. The van der Waals surface area contributed by atoms with Crippen molar-refractivity contribution in [3.05, 3.63) is 18.2 Å². The zero-order chi connectivity index (χ0) is 29.0. The van der Waals surface area contributed by atoms with Gasteiger partial charge in [-0.25, -0.2) is 0 Å². The van der Waals surface area contributed by atoms with E-state index >= 15 is 0 Å². The fraction of sp³-hybridized carbons (Fsp3) is 0.700. The molecule has 3 N–H and O–H groups in total. The van der Waals surface area contributed by atoms with E-state index in [1.54, 1.807) is 19.9 Å². The van der Waals surface area contributed by atoms with Crippen molar-refractivity contribution >= 4 is 29.1 Å². The molecule has 1 saturated heterocycles. The molecule has 0 bridgehead atoms. The molecule has 1 saturated carbocycles. The van der Waals surface area contributed by atoms with Gasteiger partial charge >= 0.3 is 0 Å². The molecule has 2 heterocycles. The van der Waals surface area contributed by atoms with Crippen LogP contribution in [0, 0.1) is 17.8 Å². The number of nitrogens with zero attached hydrogens (tertiary/aromatic N) is 2. The van der Waals surface area contributed by atoms with E-state index in [0.29, 0.717) is 55.8 Å². The van der Waals surface area contributed by atoms with Crippen molar-refractivity contribution in [3.63, 3.8) is 0 Å². The minimum atomic E-state index is -1.05. The average molecular weight is 559 g/mol. The van der Waals surface area contributed by atoms with Crippen LogP contribution < -0.4 is 25.2 Å². The summed E-state index contributed by atoms with van der Waals surface area (Å²) < 4.78 is 11.6. The Balaban J connectivity index is 1.50. The first-order valence-electron chi connectivity index (χ1n) is 14.7. The van der Waals surface area contributed by atoms with Gasteiger partial charge in [0, 0.05) is 38.0 Å². The monoisotopic (exact) mass is 558 g/mol. The van der Waals surface area contributed by atoms with Crippen LogP contribution in [-0.2, 0) is 19.1 Å². The molecule has 40 heavy (non-hydrogen) atoms. The van der Waals surface area contributed by atoms with Crippen LogP contribution >= 0.6 is 0 Å². The molecule has 0 unspecified atom stereocenters. The lowest BCUT2D eigenvalue weighted by Crippen LogP contribution is -2.53. The van der Waals surface area contributed by atoms with E-state index in [4.69, 9.17) is 9.47 Å². The van der Waals surface area contributed by atoms with Gasteiger partial charge in [0.1, 0.15) is 5.75 Å². The molecule has 3 atom stereocenters. The number of carbonyl (C=O) groups excluding carboxylic acids is 3. The summed E-state index contributed by atoms with van der Waals surface area (Å²) in [6.45, 7) is 11.7. The normalized spacial score (nSPS) is 22.9. The zero-order valence-electron chi connectivity index (χ0n) is 24.6. The Morgan fingerprint density at radius 3 is 2.62 bits per heavy atom. The summed E-state index contributed by atoms with van der Waals surface area (Å²) >= 11 is 0. The number of aliphatic hydroxyl groups excluding tert-OH is 1. The highest BCUT2D eigenvalue weighted by Gasteiger charge is 2.43. The molecule has 4 rings (SSSR count). The Morgan fingerprint density at radius 1 is 1.25 bits per heavy atom. The first-order chi connectivity index (χ1) is 19.1. The second kappa shape index (κ2) is 12.9. The number of β-amino-alcohol motifs (C(OH)–C–C–N with tert-alkyl or cyclic N) is 1. The van der Waals surface area contributed by atoms with Crippen molar-refractivity contribution in [1.29, 1.82) is 0 Å². The van der Waals surface area contributed by atoms with Gasteiger partial charge in [-0.2, -0.15) is 0 Å². The van der Waals surface area contributed by atoms with Crippen molar-refractivity contribution in [2.45, 2.75) is 78.0 Å². The summed E-state index contributed by atoms with van der Waals surface area (Å²) in [7, 11) is 0. The predicted octanol–water partition coefficient (Wildman–Crippen LogP) is 2.47. The molecular formula is C30H46N4O6. The minimum absolute atomic E-state index is 0.0161. The summed E-state index contributed by atoms with van der Waals surface area (Å²) in [5.74, 6) is 0.0229. The number of rotatable bonds is 12. The summed E-state index contributed by atoms with van der Waals surface area (Å²) in [5, 5.41) is 16.1. The Labute approximate surface area is 237 Å². The number of piperidine rings is 1. The van der Waals surface area contributed by atoms with Crippen molar-refractivity contribution in [3.8, 4) is 5.75 Å². The number of benzene rings is 1. The largest absolute Gasteiger partial charge is 0.476 e. The third-order valence-electron chi connectivity index (χ3n) is 7.81. The van der Waals surface area contributed by atoms with Gasteiger partial charge in [0.2, 0.25) is 11.8 Å². The van der Waals surface area contributed by atoms with Gasteiger partial charge in [-0.05, 0) is 70.6 Å². The maximum atomic E-state index is 14.0. The van der Waals surface area contributed by atoms with Crippen LogP contribution in [0.5, 0.6) is 5.75 Å². The first kappa shape index (κ1) is 30.3. The number of anilines is 2. The molecule has 0 radical (unpaired) electrons. The van der Waals surface area contributed by atoms with Crippen molar-refractivity contribution in [1.82, 2.24) is 10.6 Å². The minimum Gasteiger partial charge on any atom is -0.476 e. The van der Waals surface area contributed by atoms with Crippen molar-refractivity contribution in [2.24, 2.45) is 17.8 Å². The third-order valence-corrected chi connectivity index (χ3v) is 7.81. The maximum absolute atomic E-state index is 14.0. The standard InChI is InChI=1S/C30H46N4O6/c1-6-39-18-22(13-19(2)3)32-27(36)20-14-21(17-31-16-20)28(37)34(23-7-8-23)24-9-10-26-25(15-24)33(11-12-35)29(38)30(4,5)40-26/h9-10,15,19-23,31,35H,6-8,11-14,16-18H2,1-5H3,(H,32,36)/t20-,21+,22+/m0/s1. The predicted molar refractivity (Wildman–Crippen MR) is 153 cm³/mol. The molecule has 10 nitrogen and oxygen atoms in total. The average Bonchev–Trinajstić information content (AvgIpc) is 3.75. The fourth-order valence-corrected chi connectivity index (χ4v) is 5.72. The van der Waals surface area contributed by atoms with Gasteiger partial charge in [-0.1, -0.05) is 13.8 Å². The topological polar surface area (TPSA) is 120 Å². The number of carbonyl (C=O) groups is 3. The van der Waals surface area contributed by atoms with E-state index in [-0.39, 0.29) is 54.8 Å². The summed E-state index contributed by atoms with van der Waals surface area (Å²) in [4.78, 5) is 43.7. The summed E-state index contributed by atoms with van der Waals surface area (Å²) in [6, 6.07) is 5.51. The number of aliphatic hydroxyl groups is 1. The van der Waals surface area contributed by atoms with Crippen LogP contribution in [0.15, 0.2) is 18.2 Å². The molecule has 2 fully saturated rings. The van der Waals surface area contributed by atoms with E-state index in [2.05, 4.69) is 24.5 Å². The summed E-state index contributed by atoms with van der Waals surface area (Å²) in [5.41, 5.74) is 0.208. The molecule has 222 valence electrons. The van der Waals surface area contributed by atoms with E-state index in [1.165, 1.54) is 4.90 Å². The lowest BCUT2D eigenvalue weighted by molar-refractivity contribution is -0.133. The van der Waals surface area contributed by atoms with Crippen molar-refractivity contribution < 1.29 is 29.0 Å². The third kappa shape index (κ3) is 6.95. The Bertz CT molecular complexity index is 1070. The number of hydrogen-bond donors (Lipinski definition) is 3. The van der Waals surface area contributed by atoms with E-state index < -0.39 is 5.60 Å². The van der Waals surface area contributed by atoms with Gasteiger partial charge in [-0.15, -0.1) is 0 Å².